The zero-order valence-corrected chi connectivity index (χ0v) is 10.8. The molecular weight excluding hydrogens is 300 g/mol. The number of hydrogen-bond donors (Lipinski definition) is 2. The summed E-state index contributed by atoms with van der Waals surface area (Å²) >= 11 is 3.25. The topological polar surface area (TPSA) is 71.2 Å². The molecule has 0 bridgehead atoms. The first-order valence-electron chi connectivity index (χ1n) is 5.32. The minimum atomic E-state index is -0.447. The van der Waals surface area contributed by atoms with Crippen LogP contribution in [0.25, 0.3) is 11.1 Å². The van der Waals surface area contributed by atoms with Crippen molar-refractivity contribution < 1.29 is 8.83 Å². The van der Waals surface area contributed by atoms with Gasteiger partial charge in [-0.1, -0.05) is 0 Å². The van der Waals surface area contributed by atoms with Gasteiger partial charge in [0.2, 0.25) is 0 Å². The normalized spacial score (nSPS) is 10.9. The van der Waals surface area contributed by atoms with Crippen molar-refractivity contribution in [3.8, 4) is 0 Å². The van der Waals surface area contributed by atoms with E-state index >= 15 is 0 Å². The predicted octanol–water partition coefficient (Wildman–Crippen LogP) is 3.09. The van der Waals surface area contributed by atoms with Gasteiger partial charge in [-0.3, -0.25) is 4.98 Å². The zero-order valence-electron chi connectivity index (χ0n) is 9.20. The molecule has 2 heterocycles. The fourth-order valence-electron chi connectivity index (χ4n) is 1.70. The molecule has 0 amide bonds. The van der Waals surface area contributed by atoms with E-state index in [-0.39, 0.29) is 0 Å². The van der Waals surface area contributed by atoms with E-state index < -0.39 is 5.76 Å². The van der Waals surface area contributed by atoms with Crippen LogP contribution in [0.2, 0.25) is 0 Å². The van der Waals surface area contributed by atoms with Gasteiger partial charge < -0.3 is 14.2 Å². The van der Waals surface area contributed by atoms with Crippen LogP contribution in [0.1, 0.15) is 5.76 Å². The first kappa shape index (κ1) is 11.2. The SMILES string of the molecule is O=c1[nH]c2cc(NCc3ccc(Br)o3)ccc2o1. The van der Waals surface area contributed by atoms with Crippen LogP contribution in [0.4, 0.5) is 5.69 Å². The second-order valence-corrected chi connectivity index (χ2v) is 4.57. The molecule has 1 aromatic carbocycles. The number of halogens is 1. The van der Waals surface area contributed by atoms with Gasteiger partial charge in [-0.05, 0) is 46.3 Å². The number of anilines is 1. The Morgan fingerprint density at radius 2 is 2.11 bits per heavy atom. The van der Waals surface area contributed by atoms with Crippen LogP contribution in [-0.4, -0.2) is 4.98 Å². The number of benzene rings is 1. The summed E-state index contributed by atoms with van der Waals surface area (Å²) in [5.74, 6) is 0.375. The summed E-state index contributed by atoms with van der Waals surface area (Å²) in [6, 6.07) is 9.13. The first-order valence-corrected chi connectivity index (χ1v) is 6.11. The summed E-state index contributed by atoms with van der Waals surface area (Å²) in [6.45, 7) is 0.569. The third kappa shape index (κ3) is 2.19. The summed E-state index contributed by atoms with van der Waals surface area (Å²) in [6.07, 6.45) is 0. The molecule has 0 unspecified atom stereocenters. The molecule has 0 aliphatic heterocycles. The maximum Gasteiger partial charge on any atom is 0.417 e. The van der Waals surface area contributed by atoms with E-state index in [0.717, 1.165) is 11.4 Å². The molecule has 0 radical (unpaired) electrons. The van der Waals surface area contributed by atoms with Gasteiger partial charge in [0.15, 0.2) is 10.3 Å². The molecular formula is C12H9BrN2O3. The van der Waals surface area contributed by atoms with E-state index in [1.54, 1.807) is 6.07 Å². The highest BCUT2D eigenvalue weighted by Gasteiger charge is 2.03. The lowest BCUT2D eigenvalue weighted by Crippen LogP contribution is -1.97. The summed E-state index contributed by atoms with van der Waals surface area (Å²) in [4.78, 5) is 13.6. The van der Waals surface area contributed by atoms with Crippen LogP contribution in [0.15, 0.2) is 48.6 Å². The molecule has 0 saturated carbocycles. The summed E-state index contributed by atoms with van der Waals surface area (Å²) in [5, 5.41) is 3.20. The Balaban J connectivity index is 1.80. The van der Waals surface area contributed by atoms with E-state index in [1.807, 2.05) is 24.3 Å². The smallest absolute Gasteiger partial charge is 0.417 e. The van der Waals surface area contributed by atoms with Crippen molar-refractivity contribution >= 4 is 32.7 Å². The molecule has 0 spiro atoms. The fraction of sp³-hybridized carbons (Fsp3) is 0.0833. The lowest BCUT2D eigenvalue weighted by atomic mass is 10.3. The van der Waals surface area contributed by atoms with Gasteiger partial charge >= 0.3 is 5.76 Å². The van der Waals surface area contributed by atoms with Crippen LogP contribution in [0, 0.1) is 0 Å². The first-order chi connectivity index (χ1) is 8.70. The van der Waals surface area contributed by atoms with Crippen LogP contribution in [-0.2, 0) is 6.54 Å². The van der Waals surface area contributed by atoms with E-state index in [2.05, 4.69) is 26.2 Å². The van der Waals surface area contributed by atoms with Crippen LogP contribution in [0.5, 0.6) is 0 Å². The van der Waals surface area contributed by atoms with E-state index in [4.69, 9.17) is 8.83 Å². The molecule has 6 heteroatoms. The number of aromatic amines is 1. The standard InChI is InChI=1S/C12H9BrN2O3/c13-11-4-2-8(17-11)6-14-7-1-3-10-9(5-7)15-12(16)18-10/h1-5,14H,6H2,(H,15,16). The van der Waals surface area contributed by atoms with Crippen LogP contribution < -0.4 is 11.1 Å². The molecule has 92 valence electrons. The molecule has 2 aromatic heterocycles. The number of rotatable bonds is 3. The van der Waals surface area contributed by atoms with Crippen molar-refractivity contribution in [2.75, 3.05) is 5.32 Å². The lowest BCUT2D eigenvalue weighted by molar-refractivity contribution is 0.495. The van der Waals surface area contributed by atoms with Crippen LogP contribution >= 0.6 is 15.9 Å². The van der Waals surface area contributed by atoms with Crippen molar-refractivity contribution in [1.29, 1.82) is 0 Å². The Bertz CT molecular complexity index is 741. The van der Waals surface area contributed by atoms with Crippen molar-refractivity contribution in [3.05, 3.63) is 51.3 Å². The highest BCUT2D eigenvalue weighted by Crippen LogP contribution is 2.18. The summed E-state index contributed by atoms with van der Waals surface area (Å²) in [7, 11) is 0. The largest absolute Gasteiger partial charge is 0.452 e. The summed E-state index contributed by atoms with van der Waals surface area (Å²) in [5.41, 5.74) is 2.10. The second kappa shape index (κ2) is 4.38. The monoisotopic (exact) mass is 308 g/mol. The number of hydrogen-bond acceptors (Lipinski definition) is 4. The highest BCUT2D eigenvalue weighted by molar-refractivity contribution is 9.10. The zero-order chi connectivity index (χ0) is 12.5. The number of nitrogens with one attached hydrogen (secondary N) is 2. The van der Waals surface area contributed by atoms with Gasteiger partial charge in [0, 0.05) is 5.69 Å². The number of fused-ring (bicyclic) bond motifs is 1. The Labute approximate surface area is 110 Å². The van der Waals surface area contributed by atoms with Crippen molar-refractivity contribution in [2.45, 2.75) is 6.54 Å². The minimum absolute atomic E-state index is 0.447. The van der Waals surface area contributed by atoms with Gasteiger partial charge in [0.1, 0.15) is 5.76 Å². The molecule has 0 saturated heterocycles. The lowest BCUT2D eigenvalue weighted by Gasteiger charge is -2.03. The maximum absolute atomic E-state index is 11.0. The van der Waals surface area contributed by atoms with Crippen molar-refractivity contribution in [3.63, 3.8) is 0 Å². The van der Waals surface area contributed by atoms with Gasteiger partial charge in [-0.15, -0.1) is 0 Å². The van der Waals surface area contributed by atoms with E-state index in [0.29, 0.717) is 22.3 Å². The van der Waals surface area contributed by atoms with E-state index in [1.165, 1.54) is 0 Å². The molecule has 0 fully saturated rings. The molecule has 5 nitrogen and oxygen atoms in total. The number of H-pyrrole nitrogens is 1. The number of furan rings is 1. The van der Waals surface area contributed by atoms with Crippen LogP contribution in [0.3, 0.4) is 0 Å². The molecule has 18 heavy (non-hydrogen) atoms. The van der Waals surface area contributed by atoms with E-state index in [9.17, 15) is 4.79 Å². The average molecular weight is 309 g/mol. The predicted molar refractivity (Wildman–Crippen MR) is 70.6 cm³/mol. The third-order valence-corrected chi connectivity index (χ3v) is 2.94. The molecule has 0 aliphatic carbocycles. The molecule has 3 rings (SSSR count). The molecule has 0 atom stereocenters. The molecule has 0 aliphatic rings. The van der Waals surface area contributed by atoms with Gasteiger partial charge in [-0.2, -0.15) is 0 Å². The highest BCUT2D eigenvalue weighted by atomic mass is 79.9. The Hall–Kier alpha value is -1.95. The van der Waals surface area contributed by atoms with Crippen molar-refractivity contribution in [2.24, 2.45) is 0 Å². The molecule has 2 N–H and O–H groups in total. The number of aromatic nitrogens is 1. The Kier molecular flexibility index (Phi) is 2.71. The Morgan fingerprint density at radius 3 is 2.89 bits per heavy atom. The quantitative estimate of drug-likeness (QED) is 0.780. The number of oxazole rings is 1. The minimum Gasteiger partial charge on any atom is -0.452 e. The van der Waals surface area contributed by atoms with Gasteiger partial charge in [0.05, 0.1) is 12.1 Å². The summed E-state index contributed by atoms with van der Waals surface area (Å²) < 4.78 is 11.0. The molecule has 3 aromatic rings. The second-order valence-electron chi connectivity index (χ2n) is 3.78. The third-order valence-electron chi connectivity index (χ3n) is 2.51. The van der Waals surface area contributed by atoms with Gasteiger partial charge in [0.25, 0.3) is 0 Å². The van der Waals surface area contributed by atoms with Gasteiger partial charge in [-0.25, -0.2) is 4.79 Å². The fourth-order valence-corrected chi connectivity index (χ4v) is 2.04. The Morgan fingerprint density at radius 1 is 1.22 bits per heavy atom. The van der Waals surface area contributed by atoms with Crippen molar-refractivity contribution in [1.82, 2.24) is 4.98 Å². The average Bonchev–Trinajstić information content (AvgIpc) is 2.90. The maximum atomic E-state index is 11.0.